The van der Waals surface area contributed by atoms with E-state index in [4.69, 9.17) is 11.6 Å². The number of fused-ring (bicyclic) bond motifs is 1. The molecule has 3 rings (SSSR count). The van der Waals surface area contributed by atoms with Crippen molar-refractivity contribution in [2.75, 3.05) is 18.6 Å². The zero-order valence-corrected chi connectivity index (χ0v) is 12.1. The molecule has 0 saturated heterocycles. The average molecular weight is 313 g/mol. The van der Waals surface area contributed by atoms with Crippen molar-refractivity contribution >= 4 is 39.7 Å². The normalized spacial score (nSPS) is 13.4. The molecule has 0 amide bonds. The molecule has 0 bridgehead atoms. The number of hydrogen-bond donors (Lipinski definition) is 0. The summed E-state index contributed by atoms with van der Waals surface area (Å²) in [5.74, 6) is -0.816. The van der Waals surface area contributed by atoms with Gasteiger partial charge in [-0.1, -0.05) is 29.0 Å². The maximum absolute atomic E-state index is 13.4. The van der Waals surface area contributed by atoms with E-state index < -0.39 is 5.97 Å². The number of ether oxygens (including phenoxy) is 1. The predicted octanol–water partition coefficient (Wildman–Crippen LogP) is 3.42. The molecule has 2 heterocycles. The van der Waals surface area contributed by atoms with Crippen LogP contribution in [-0.2, 0) is 11.2 Å². The molecule has 1 aliphatic rings. The number of hydrogen-bond acceptors (Lipinski definition) is 5. The number of halogens is 2. The fourth-order valence-corrected chi connectivity index (χ4v) is 3.41. The standard InChI is InChI=1S/C13H10ClFN2O2S/c1-19-12(18)10-11(14)16-13(20-10)17-5-4-7-2-3-8(15)6-9(7)17/h2-3,6H,4-5H2,1H3. The smallest absolute Gasteiger partial charge is 0.351 e. The summed E-state index contributed by atoms with van der Waals surface area (Å²) in [6.45, 7) is 0.684. The average Bonchev–Trinajstić information content (AvgIpc) is 3.01. The molecule has 1 aliphatic heterocycles. The molecular formula is C13H10ClFN2O2S. The lowest BCUT2D eigenvalue weighted by Gasteiger charge is -2.15. The van der Waals surface area contributed by atoms with Crippen LogP contribution in [0.15, 0.2) is 18.2 Å². The zero-order valence-electron chi connectivity index (χ0n) is 10.5. The summed E-state index contributed by atoms with van der Waals surface area (Å²) >= 11 is 7.10. The summed E-state index contributed by atoms with van der Waals surface area (Å²) in [5, 5.41) is 0.682. The summed E-state index contributed by atoms with van der Waals surface area (Å²) in [4.78, 5) is 17.8. The van der Waals surface area contributed by atoms with E-state index >= 15 is 0 Å². The highest BCUT2D eigenvalue weighted by Gasteiger charge is 2.26. The Morgan fingerprint density at radius 2 is 2.35 bits per heavy atom. The van der Waals surface area contributed by atoms with Crippen molar-refractivity contribution in [3.63, 3.8) is 0 Å². The SMILES string of the molecule is COC(=O)c1sc(N2CCc3ccc(F)cc32)nc1Cl. The van der Waals surface area contributed by atoms with Gasteiger partial charge in [-0.05, 0) is 24.1 Å². The molecule has 0 N–H and O–H groups in total. The number of carbonyl (C=O) groups is 1. The van der Waals surface area contributed by atoms with Gasteiger partial charge >= 0.3 is 5.97 Å². The minimum absolute atomic E-state index is 0.113. The zero-order chi connectivity index (χ0) is 14.3. The van der Waals surface area contributed by atoms with Gasteiger partial charge in [0.2, 0.25) is 0 Å². The number of methoxy groups -OCH3 is 1. The molecule has 104 valence electrons. The van der Waals surface area contributed by atoms with Crippen molar-refractivity contribution in [2.24, 2.45) is 0 Å². The summed E-state index contributed by atoms with van der Waals surface area (Å²) < 4.78 is 18.0. The second-order valence-electron chi connectivity index (χ2n) is 4.28. The van der Waals surface area contributed by atoms with Crippen LogP contribution in [0, 0.1) is 5.82 Å². The van der Waals surface area contributed by atoms with Crippen molar-refractivity contribution in [3.05, 3.63) is 39.6 Å². The summed E-state index contributed by atoms with van der Waals surface area (Å²) in [6.07, 6.45) is 0.806. The van der Waals surface area contributed by atoms with Crippen LogP contribution in [0.4, 0.5) is 15.2 Å². The number of anilines is 2. The van der Waals surface area contributed by atoms with E-state index in [-0.39, 0.29) is 15.8 Å². The number of nitrogens with zero attached hydrogens (tertiary/aromatic N) is 2. The number of benzene rings is 1. The molecule has 0 fully saturated rings. The summed E-state index contributed by atoms with van der Waals surface area (Å²) in [6, 6.07) is 4.67. The largest absolute Gasteiger partial charge is 0.465 e. The number of aromatic nitrogens is 1. The van der Waals surface area contributed by atoms with E-state index in [0.717, 1.165) is 29.0 Å². The van der Waals surface area contributed by atoms with Gasteiger partial charge < -0.3 is 9.64 Å². The van der Waals surface area contributed by atoms with E-state index in [1.54, 1.807) is 6.07 Å². The Morgan fingerprint density at radius 1 is 1.55 bits per heavy atom. The maximum atomic E-state index is 13.4. The van der Waals surface area contributed by atoms with Gasteiger partial charge in [-0.2, -0.15) is 0 Å². The molecule has 1 aromatic heterocycles. The molecule has 0 unspecified atom stereocenters. The topological polar surface area (TPSA) is 42.4 Å². The molecule has 1 aromatic carbocycles. The first-order valence-corrected chi connectivity index (χ1v) is 7.10. The van der Waals surface area contributed by atoms with Gasteiger partial charge in [0.25, 0.3) is 0 Å². The first-order chi connectivity index (χ1) is 9.60. The molecule has 7 heteroatoms. The van der Waals surface area contributed by atoms with Crippen LogP contribution in [0.3, 0.4) is 0 Å². The van der Waals surface area contributed by atoms with Crippen LogP contribution in [0.5, 0.6) is 0 Å². The minimum atomic E-state index is -0.516. The van der Waals surface area contributed by atoms with E-state index in [2.05, 4.69) is 9.72 Å². The van der Waals surface area contributed by atoms with Crippen molar-refractivity contribution in [3.8, 4) is 0 Å². The summed E-state index contributed by atoms with van der Waals surface area (Å²) in [7, 11) is 1.29. The second kappa shape index (κ2) is 5.03. The van der Waals surface area contributed by atoms with Crippen LogP contribution in [0.25, 0.3) is 0 Å². The Hall–Kier alpha value is -1.66. The van der Waals surface area contributed by atoms with Gasteiger partial charge in [-0.15, -0.1) is 0 Å². The van der Waals surface area contributed by atoms with Gasteiger partial charge in [0.15, 0.2) is 15.2 Å². The van der Waals surface area contributed by atoms with Crippen molar-refractivity contribution in [1.82, 2.24) is 4.98 Å². The van der Waals surface area contributed by atoms with Crippen LogP contribution >= 0.6 is 22.9 Å². The van der Waals surface area contributed by atoms with Gasteiger partial charge in [0.1, 0.15) is 5.82 Å². The summed E-state index contributed by atoms with van der Waals surface area (Å²) in [5.41, 5.74) is 1.82. The molecule has 20 heavy (non-hydrogen) atoms. The Bertz CT molecular complexity index is 689. The third kappa shape index (κ3) is 2.14. The molecular weight excluding hydrogens is 303 g/mol. The van der Waals surface area contributed by atoms with Gasteiger partial charge in [0.05, 0.1) is 7.11 Å². The third-order valence-corrected chi connectivity index (χ3v) is 4.56. The van der Waals surface area contributed by atoms with E-state index in [1.807, 2.05) is 4.90 Å². The van der Waals surface area contributed by atoms with Crippen LogP contribution in [-0.4, -0.2) is 24.6 Å². The highest BCUT2D eigenvalue weighted by Crippen LogP contribution is 2.39. The Balaban J connectivity index is 2.00. The van der Waals surface area contributed by atoms with E-state index in [9.17, 15) is 9.18 Å². The second-order valence-corrected chi connectivity index (χ2v) is 5.62. The Labute approximate surface area is 123 Å². The van der Waals surface area contributed by atoms with Crippen molar-refractivity contribution < 1.29 is 13.9 Å². The number of esters is 1. The molecule has 4 nitrogen and oxygen atoms in total. The number of rotatable bonds is 2. The molecule has 0 saturated carbocycles. The van der Waals surface area contributed by atoms with Crippen molar-refractivity contribution in [2.45, 2.75) is 6.42 Å². The number of carbonyl (C=O) groups excluding carboxylic acids is 1. The fourth-order valence-electron chi connectivity index (χ4n) is 2.18. The van der Waals surface area contributed by atoms with E-state index in [1.165, 1.54) is 19.2 Å². The van der Waals surface area contributed by atoms with E-state index in [0.29, 0.717) is 11.7 Å². The molecule has 2 aromatic rings. The quantitative estimate of drug-likeness (QED) is 0.797. The fraction of sp³-hybridized carbons (Fsp3) is 0.231. The number of thiazole rings is 1. The van der Waals surface area contributed by atoms with Gasteiger partial charge in [-0.25, -0.2) is 14.2 Å². The first-order valence-electron chi connectivity index (χ1n) is 5.90. The van der Waals surface area contributed by atoms with Crippen LogP contribution < -0.4 is 4.90 Å². The maximum Gasteiger partial charge on any atom is 0.351 e. The molecule has 0 radical (unpaired) electrons. The third-order valence-electron chi connectivity index (χ3n) is 3.12. The van der Waals surface area contributed by atoms with Gasteiger partial charge in [-0.3, -0.25) is 0 Å². The van der Waals surface area contributed by atoms with Gasteiger partial charge in [0, 0.05) is 12.2 Å². The monoisotopic (exact) mass is 312 g/mol. The lowest BCUT2D eigenvalue weighted by molar-refractivity contribution is 0.0606. The predicted molar refractivity (Wildman–Crippen MR) is 75.6 cm³/mol. The highest BCUT2D eigenvalue weighted by atomic mass is 35.5. The Morgan fingerprint density at radius 3 is 3.10 bits per heavy atom. The first kappa shape index (κ1) is 13.3. The lowest BCUT2D eigenvalue weighted by atomic mass is 10.2. The lowest BCUT2D eigenvalue weighted by Crippen LogP contribution is -2.12. The molecule has 0 aliphatic carbocycles. The highest BCUT2D eigenvalue weighted by molar-refractivity contribution is 7.18. The van der Waals surface area contributed by atoms with Crippen molar-refractivity contribution in [1.29, 1.82) is 0 Å². The molecule has 0 atom stereocenters. The van der Waals surface area contributed by atoms with Crippen LogP contribution in [0.1, 0.15) is 15.2 Å². The molecule has 0 spiro atoms. The van der Waals surface area contributed by atoms with Crippen LogP contribution in [0.2, 0.25) is 5.15 Å². The Kier molecular flexibility index (Phi) is 3.35. The minimum Gasteiger partial charge on any atom is -0.465 e.